The summed E-state index contributed by atoms with van der Waals surface area (Å²) >= 11 is 0. The molecule has 0 fully saturated rings. The summed E-state index contributed by atoms with van der Waals surface area (Å²) in [7, 11) is 0. The first-order chi connectivity index (χ1) is 17.0. The first kappa shape index (κ1) is 31.3. The Hall–Kier alpha value is -4.68. The topological polar surface area (TPSA) is 178 Å². The van der Waals surface area contributed by atoms with Crippen LogP contribution in [0.1, 0.15) is 0 Å². The van der Waals surface area contributed by atoms with Crippen molar-refractivity contribution in [1.82, 2.24) is 0 Å². The molecule has 0 radical (unpaired) electrons. The van der Waals surface area contributed by atoms with Crippen LogP contribution in [-0.4, -0.2) is 79.2 Å². The molecule has 4 unspecified atom stereocenters. The molecule has 0 bridgehead atoms. The number of ether oxygens (including phenoxy) is 6. The van der Waals surface area contributed by atoms with Crippen molar-refractivity contribution in [2.75, 3.05) is 19.8 Å². The lowest BCUT2D eigenvalue weighted by Crippen LogP contribution is -2.52. The SMILES string of the molecule is C=CC(=O)OCC(COC(=O)O)C(OC(=O)C=C)C(OC(=O)C=C)C(COC(=O)C=C)OC(=O)C=C. The van der Waals surface area contributed by atoms with Crippen molar-refractivity contribution in [1.29, 1.82) is 0 Å². The molecule has 0 aromatic rings. The maximum atomic E-state index is 12.1. The van der Waals surface area contributed by atoms with Gasteiger partial charge in [0.25, 0.3) is 0 Å². The Bertz CT molecular complexity index is 888. The highest BCUT2D eigenvalue weighted by Crippen LogP contribution is 2.23. The number of esters is 5. The van der Waals surface area contributed by atoms with Crippen LogP contribution in [0.5, 0.6) is 0 Å². The molecule has 0 saturated carbocycles. The highest BCUT2D eigenvalue weighted by Gasteiger charge is 2.43. The molecule has 0 rings (SSSR count). The average molecular weight is 510 g/mol. The number of carbonyl (C=O) groups is 6. The normalized spacial score (nSPS) is 13.1. The molecular weight excluding hydrogens is 484 g/mol. The molecule has 0 aromatic heterocycles. The molecule has 0 aliphatic heterocycles. The maximum absolute atomic E-state index is 12.1. The fourth-order valence-corrected chi connectivity index (χ4v) is 2.43. The molecule has 0 amide bonds. The van der Waals surface area contributed by atoms with Gasteiger partial charge in [0.2, 0.25) is 0 Å². The van der Waals surface area contributed by atoms with E-state index >= 15 is 0 Å². The zero-order valence-electron chi connectivity index (χ0n) is 19.2. The third-order valence-electron chi connectivity index (χ3n) is 4.01. The van der Waals surface area contributed by atoms with Crippen LogP contribution >= 0.6 is 0 Å². The summed E-state index contributed by atoms with van der Waals surface area (Å²) in [5.74, 6) is -6.48. The first-order valence-electron chi connectivity index (χ1n) is 9.96. The van der Waals surface area contributed by atoms with Crippen LogP contribution in [0.15, 0.2) is 63.3 Å². The molecule has 196 valence electrons. The van der Waals surface area contributed by atoms with E-state index in [4.69, 9.17) is 28.8 Å². The predicted molar refractivity (Wildman–Crippen MR) is 120 cm³/mol. The number of hydrogen-bond donors (Lipinski definition) is 1. The van der Waals surface area contributed by atoms with Crippen molar-refractivity contribution >= 4 is 36.0 Å². The molecule has 4 atom stereocenters. The summed E-state index contributed by atoms with van der Waals surface area (Å²) in [6.07, 6.45) is -3.10. The Morgan fingerprint density at radius 2 is 0.944 bits per heavy atom. The van der Waals surface area contributed by atoms with Gasteiger partial charge in [-0.15, -0.1) is 0 Å². The molecule has 0 aliphatic carbocycles. The van der Waals surface area contributed by atoms with Gasteiger partial charge in [0, 0.05) is 30.4 Å². The summed E-state index contributed by atoms with van der Waals surface area (Å²) in [5, 5.41) is 8.93. The lowest BCUT2D eigenvalue weighted by Gasteiger charge is -2.35. The molecule has 0 aliphatic rings. The zero-order chi connectivity index (χ0) is 27.7. The maximum Gasteiger partial charge on any atom is 0.505 e. The van der Waals surface area contributed by atoms with Crippen molar-refractivity contribution in [2.45, 2.75) is 18.3 Å². The first-order valence-corrected chi connectivity index (χ1v) is 9.96. The molecule has 0 heterocycles. The monoisotopic (exact) mass is 510 g/mol. The average Bonchev–Trinajstić information content (AvgIpc) is 2.87. The van der Waals surface area contributed by atoms with Gasteiger partial charge in [-0.2, -0.15) is 0 Å². The minimum atomic E-state index is -1.79. The summed E-state index contributed by atoms with van der Waals surface area (Å²) < 4.78 is 30.0. The van der Waals surface area contributed by atoms with Gasteiger partial charge in [-0.05, 0) is 0 Å². The van der Waals surface area contributed by atoms with E-state index in [1.807, 2.05) is 0 Å². The molecular formula is C23H26O13. The second kappa shape index (κ2) is 16.9. The van der Waals surface area contributed by atoms with Gasteiger partial charge < -0.3 is 33.5 Å². The Morgan fingerprint density at radius 3 is 1.39 bits per heavy atom. The van der Waals surface area contributed by atoms with Gasteiger partial charge >= 0.3 is 36.0 Å². The fourth-order valence-electron chi connectivity index (χ4n) is 2.43. The minimum Gasteiger partial charge on any atom is -0.462 e. The molecule has 13 heteroatoms. The third kappa shape index (κ3) is 12.0. The van der Waals surface area contributed by atoms with Gasteiger partial charge in [0.1, 0.15) is 19.8 Å². The Balaban J connectivity index is 6.65. The van der Waals surface area contributed by atoms with E-state index < -0.39 is 80.1 Å². The largest absolute Gasteiger partial charge is 0.505 e. The van der Waals surface area contributed by atoms with Gasteiger partial charge in [0.05, 0.1) is 5.92 Å². The Labute approximate surface area is 206 Å². The Kier molecular flexibility index (Phi) is 14.7. The van der Waals surface area contributed by atoms with Crippen LogP contribution < -0.4 is 0 Å². The van der Waals surface area contributed by atoms with Gasteiger partial charge in [-0.25, -0.2) is 28.8 Å². The van der Waals surface area contributed by atoms with E-state index in [-0.39, 0.29) is 0 Å². The smallest absolute Gasteiger partial charge is 0.462 e. The number of rotatable bonds is 17. The van der Waals surface area contributed by atoms with Crippen molar-refractivity contribution in [3.63, 3.8) is 0 Å². The lowest BCUT2D eigenvalue weighted by atomic mass is 9.95. The molecule has 36 heavy (non-hydrogen) atoms. The third-order valence-corrected chi connectivity index (χ3v) is 4.01. The number of hydrogen-bond acceptors (Lipinski definition) is 12. The standard InChI is InChI=1S/C23H26O13/c1-6-16(24)31-11-14(12-33-23(29)30)21(35-19(27)9-4)22(36-20(28)10-5)15(34-18(26)8-3)13-32-17(25)7-2/h6-10,14-15,21-22H,1-5,11-13H2,(H,29,30). The van der Waals surface area contributed by atoms with Crippen LogP contribution in [0.25, 0.3) is 0 Å². The van der Waals surface area contributed by atoms with Crippen LogP contribution in [0.3, 0.4) is 0 Å². The van der Waals surface area contributed by atoms with Crippen molar-refractivity contribution in [3.05, 3.63) is 63.3 Å². The van der Waals surface area contributed by atoms with E-state index in [1.165, 1.54) is 0 Å². The minimum absolute atomic E-state index is 0.649. The van der Waals surface area contributed by atoms with Gasteiger partial charge in [-0.1, -0.05) is 32.9 Å². The van der Waals surface area contributed by atoms with Crippen LogP contribution in [0, 0.1) is 5.92 Å². The van der Waals surface area contributed by atoms with E-state index in [9.17, 15) is 28.8 Å². The summed E-state index contributed by atoms with van der Waals surface area (Å²) in [6.45, 7) is 14.0. The Morgan fingerprint density at radius 1 is 0.556 bits per heavy atom. The number of carbonyl (C=O) groups excluding carboxylic acids is 5. The highest BCUT2D eigenvalue weighted by molar-refractivity contribution is 5.83. The van der Waals surface area contributed by atoms with Gasteiger partial charge in [0.15, 0.2) is 18.3 Å². The van der Waals surface area contributed by atoms with Crippen LogP contribution in [0.4, 0.5) is 4.79 Å². The van der Waals surface area contributed by atoms with E-state index in [1.54, 1.807) is 0 Å². The summed E-state index contributed by atoms with van der Waals surface area (Å²) in [6, 6.07) is 0. The second-order valence-electron chi connectivity index (χ2n) is 6.40. The predicted octanol–water partition coefficient (Wildman–Crippen LogP) is 1.05. The van der Waals surface area contributed by atoms with Crippen LogP contribution in [0.2, 0.25) is 0 Å². The van der Waals surface area contributed by atoms with E-state index in [2.05, 4.69) is 37.6 Å². The molecule has 0 aromatic carbocycles. The number of carboxylic acid groups (broad SMARTS) is 1. The van der Waals surface area contributed by atoms with E-state index in [0.717, 1.165) is 30.4 Å². The summed E-state index contributed by atoms with van der Waals surface area (Å²) in [5.41, 5.74) is 0. The lowest BCUT2D eigenvalue weighted by molar-refractivity contribution is -0.193. The van der Waals surface area contributed by atoms with Crippen molar-refractivity contribution < 1.29 is 62.3 Å². The highest BCUT2D eigenvalue weighted by atomic mass is 16.7. The fraction of sp³-hybridized carbons (Fsp3) is 0.304. The molecule has 0 spiro atoms. The van der Waals surface area contributed by atoms with Crippen molar-refractivity contribution in [2.24, 2.45) is 5.92 Å². The van der Waals surface area contributed by atoms with Crippen molar-refractivity contribution in [3.8, 4) is 0 Å². The zero-order valence-corrected chi connectivity index (χ0v) is 19.2. The molecule has 13 nitrogen and oxygen atoms in total. The van der Waals surface area contributed by atoms with E-state index in [0.29, 0.717) is 0 Å². The van der Waals surface area contributed by atoms with Gasteiger partial charge in [-0.3, -0.25) is 0 Å². The molecule has 1 N–H and O–H groups in total. The second-order valence-corrected chi connectivity index (χ2v) is 6.40. The molecule has 0 saturated heterocycles. The quantitative estimate of drug-likeness (QED) is 0.167. The summed E-state index contributed by atoms with van der Waals surface area (Å²) in [4.78, 5) is 70.5. The van der Waals surface area contributed by atoms with Crippen LogP contribution in [-0.2, 0) is 52.4 Å².